The van der Waals surface area contributed by atoms with E-state index >= 15 is 0 Å². The fourth-order valence-electron chi connectivity index (χ4n) is 3.65. The number of carbonyl (C=O) groups excluding carboxylic acids is 2. The van der Waals surface area contributed by atoms with Gasteiger partial charge in [-0.3, -0.25) is 24.4 Å². The van der Waals surface area contributed by atoms with E-state index in [1.165, 1.54) is 7.05 Å². The van der Waals surface area contributed by atoms with Crippen LogP contribution in [0.25, 0.3) is 0 Å². The molecule has 1 fully saturated rings. The summed E-state index contributed by atoms with van der Waals surface area (Å²) in [5.74, 6) is -0.465. The van der Waals surface area contributed by atoms with Crippen LogP contribution in [0.3, 0.4) is 0 Å². The van der Waals surface area contributed by atoms with Gasteiger partial charge in [0.05, 0.1) is 25.1 Å². The Morgan fingerprint density at radius 2 is 1.86 bits per heavy atom. The number of methoxy groups -OCH3 is 2. The molecule has 1 aliphatic carbocycles. The molecule has 1 saturated carbocycles. The summed E-state index contributed by atoms with van der Waals surface area (Å²) in [6, 6.07) is 5.46. The monoisotopic (exact) mass is 387 g/mol. The van der Waals surface area contributed by atoms with Gasteiger partial charge in [0.25, 0.3) is 0 Å². The van der Waals surface area contributed by atoms with Gasteiger partial charge in [-0.1, -0.05) is 0 Å². The highest BCUT2D eigenvalue weighted by Gasteiger charge is 2.39. The molecule has 0 bridgehead atoms. The molecule has 0 saturated heterocycles. The van der Waals surface area contributed by atoms with Crippen molar-refractivity contribution in [2.45, 2.75) is 25.2 Å². The van der Waals surface area contributed by atoms with Crippen LogP contribution in [0, 0.1) is 16.0 Å². The van der Waals surface area contributed by atoms with Crippen molar-refractivity contribution >= 4 is 17.3 Å². The predicted octanol–water partition coefficient (Wildman–Crippen LogP) is 2.68. The van der Waals surface area contributed by atoms with Crippen molar-refractivity contribution in [3.63, 3.8) is 0 Å². The van der Waals surface area contributed by atoms with Gasteiger partial charge in [0.1, 0.15) is 23.5 Å². The first-order valence-electron chi connectivity index (χ1n) is 8.82. The first-order chi connectivity index (χ1) is 13.3. The number of benzene rings is 1. The maximum atomic E-state index is 12.8. The van der Waals surface area contributed by atoms with Crippen LogP contribution in [-0.4, -0.2) is 40.5 Å². The zero-order valence-corrected chi connectivity index (χ0v) is 15.9. The van der Waals surface area contributed by atoms with Crippen LogP contribution in [0.1, 0.15) is 41.2 Å². The second-order valence-corrected chi connectivity index (χ2v) is 6.77. The number of nitro groups is 1. The van der Waals surface area contributed by atoms with Crippen LogP contribution in [0.4, 0.5) is 5.69 Å². The van der Waals surface area contributed by atoms with E-state index in [1.807, 2.05) is 12.1 Å². The molecule has 2 aromatic rings. The van der Waals surface area contributed by atoms with Crippen LogP contribution < -0.4 is 9.47 Å². The quantitative estimate of drug-likeness (QED) is 0.324. The highest BCUT2D eigenvalue weighted by atomic mass is 16.6. The van der Waals surface area contributed by atoms with Crippen molar-refractivity contribution in [3.8, 4) is 11.5 Å². The molecule has 1 aromatic carbocycles. The first-order valence-corrected chi connectivity index (χ1v) is 8.82. The zero-order chi connectivity index (χ0) is 20.4. The third kappa shape index (κ3) is 3.60. The third-order valence-electron chi connectivity index (χ3n) is 5.15. The average molecular weight is 387 g/mol. The molecule has 0 aliphatic heterocycles. The lowest BCUT2D eigenvalue weighted by Gasteiger charge is -2.27. The van der Waals surface area contributed by atoms with Gasteiger partial charge >= 0.3 is 5.69 Å². The number of carbonyl (C=O) groups is 2. The van der Waals surface area contributed by atoms with Crippen molar-refractivity contribution < 1.29 is 24.0 Å². The Hall–Kier alpha value is -3.23. The smallest absolute Gasteiger partial charge is 0.318 e. The number of nitrogens with zero attached hydrogens (tertiary/aromatic N) is 3. The first kappa shape index (κ1) is 19.5. The van der Waals surface area contributed by atoms with Gasteiger partial charge in [-0.15, -0.1) is 0 Å². The molecule has 0 N–H and O–H groups in total. The van der Waals surface area contributed by atoms with Gasteiger partial charge < -0.3 is 9.47 Å². The predicted molar refractivity (Wildman–Crippen MR) is 98.8 cm³/mol. The summed E-state index contributed by atoms with van der Waals surface area (Å²) in [7, 11) is 4.57. The maximum absolute atomic E-state index is 12.8. The van der Waals surface area contributed by atoms with E-state index in [2.05, 4.69) is 5.10 Å². The number of aryl methyl sites for hydroxylation is 1. The Morgan fingerprint density at radius 3 is 2.39 bits per heavy atom. The zero-order valence-electron chi connectivity index (χ0n) is 15.9. The van der Waals surface area contributed by atoms with E-state index in [9.17, 15) is 19.7 Å². The number of hydrogen-bond acceptors (Lipinski definition) is 7. The summed E-state index contributed by atoms with van der Waals surface area (Å²) < 4.78 is 11.7. The maximum Gasteiger partial charge on any atom is 0.318 e. The second kappa shape index (κ2) is 7.79. The molecule has 1 aliphatic rings. The van der Waals surface area contributed by atoms with Crippen LogP contribution in [0.5, 0.6) is 11.5 Å². The third-order valence-corrected chi connectivity index (χ3v) is 5.15. The van der Waals surface area contributed by atoms with Gasteiger partial charge in [0.15, 0.2) is 11.5 Å². The summed E-state index contributed by atoms with van der Waals surface area (Å²) in [4.78, 5) is 36.1. The van der Waals surface area contributed by atoms with Crippen LogP contribution in [-0.2, 0) is 11.8 Å². The normalized spacial score (nSPS) is 19.3. The van der Waals surface area contributed by atoms with Gasteiger partial charge in [-0.25, -0.2) is 0 Å². The van der Waals surface area contributed by atoms with Crippen LogP contribution in [0.15, 0.2) is 24.4 Å². The molecule has 28 heavy (non-hydrogen) atoms. The molecule has 2 unspecified atom stereocenters. The van der Waals surface area contributed by atoms with Gasteiger partial charge in [0, 0.05) is 19.5 Å². The van der Waals surface area contributed by atoms with Gasteiger partial charge in [-0.2, -0.15) is 5.10 Å². The molecular formula is C19H21N3O6. The van der Waals surface area contributed by atoms with Crippen LogP contribution >= 0.6 is 0 Å². The number of rotatable bonds is 6. The SMILES string of the molecule is COc1cc(OC)cc(C2CCC(C(=O)c3c([N+](=O)[O-])cnn3C)C(=O)C2)c1. The average Bonchev–Trinajstić information content (AvgIpc) is 3.08. The second-order valence-electron chi connectivity index (χ2n) is 6.77. The lowest BCUT2D eigenvalue weighted by Crippen LogP contribution is -2.31. The molecule has 0 spiro atoms. The standard InChI is InChI=1S/C19H21N3O6/c1-21-18(16(10-20-21)22(25)26)19(24)15-5-4-11(8-17(15)23)12-6-13(27-2)9-14(7-12)28-3/h6-7,9-11,15H,4-5,8H2,1-3H3. The minimum Gasteiger partial charge on any atom is -0.497 e. The van der Waals surface area contributed by atoms with Gasteiger partial charge in [-0.05, 0) is 36.5 Å². The Labute approximate surface area is 161 Å². The van der Waals surface area contributed by atoms with E-state index < -0.39 is 16.6 Å². The Kier molecular flexibility index (Phi) is 5.43. The fraction of sp³-hybridized carbons (Fsp3) is 0.421. The van der Waals surface area contributed by atoms with Crippen molar-refractivity contribution in [1.29, 1.82) is 0 Å². The Balaban J connectivity index is 1.81. The van der Waals surface area contributed by atoms with Crippen molar-refractivity contribution in [2.75, 3.05) is 14.2 Å². The molecule has 148 valence electrons. The van der Waals surface area contributed by atoms with E-state index in [1.54, 1.807) is 20.3 Å². The molecule has 9 nitrogen and oxygen atoms in total. The lowest BCUT2D eigenvalue weighted by molar-refractivity contribution is -0.385. The van der Waals surface area contributed by atoms with E-state index in [0.29, 0.717) is 24.3 Å². The number of ether oxygens (including phenoxy) is 2. The molecule has 0 radical (unpaired) electrons. The summed E-state index contributed by atoms with van der Waals surface area (Å²) in [5, 5.41) is 14.9. The molecule has 0 amide bonds. The molecule has 3 rings (SSSR count). The number of Topliss-reactive ketones (excluding diaryl/α,β-unsaturated/α-hetero) is 2. The van der Waals surface area contributed by atoms with E-state index in [-0.39, 0.29) is 29.5 Å². The molecule has 1 aromatic heterocycles. The number of ketones is 2. The summed E-state index contributed by atoms with van der Waals surface area (Å²) in [6.07, 6.45) is 2.14. The Bertz CT molecular complexity index is 913. The van der Waals surface area contributed by atoms with Crippen LogP contribution in [0.2, 0.25) is 0 Å². The topological polar surface area (TPSA) is 114 Å². The highest BCUT2D eigenvalue weighted by Crippen LogP contribution is 2.38. The van der Waals surface area contributed by atoms with Crippen molar-refractivity contribution in [3.05, 3.63) is 45.8 Å². The fourth-order valence-corrected chi connectivity index (χ4v) is 3.65. The van der Waals surface area contributed by atoms with E-state index in [4.69, 9.17) is 9.47 Å². The largest absolute Gasteiger partial charge is 0.497 e. The van der Waals surface area contributed by atoms with Gasteiger partial charge in [0.2, 0.25) is 0 Å². The van der Waals surface area contributed by atoms with Crippen molar-refractivity contribution in [1.82, 2.24) is 9.78 Å². The van der Waals surface area contributed by atoms with Crippen molar-refractivity contribution in [2.24, 2.45) is 13.0 Å². The lowest BCUT2D eigenvalue weighted by atomic mass is 9.75. The summed E-state index contributed by atoms with van der Waals surface area (Å²) in [5.41, 5.74) is 0.395. The highest BCUT2D eigenvalue weighted by molar-refractivity contribution is 6.12. The summed E-state index contributed by atoms with van der Waals surface area (Å²) >= 11 is 0. The molecule has 1 heterocycles. The minimum absolute atomic E-state index is 0.0675. The van der Waals surface area contributed by atoms with E-state index in [0.717, 1.165) is 16.4 Å². The number of hydrogen-bond donors (Lipinski definition) is 0. The summed E-state index contributed by atoms with van der Waals surface area (Å²) in [6.45, 7) is 0. The molecule has 2 atom stereocenters. The molecular weight excluding hydrogens is 366 g/mol. The molecule has 9 heteroatoms. The number of aromatic nitrogens is 2. The minimum atomic E-state index is -0.891. The Morgan fingerprint density at radius 1 is 1.21 bits per heavy atom.